The zero-order chi connectivity index (χ0) is 20.6. The van der Waals surface area contributed by atoms with Crippen molar-refractivity contribution in [3.05, 3.63) is 64.7 Å². The molecule has 0 unspecified atom stereocenters. The molecule has 10 heteroatoms. The minimum absolute atomic E-state index is 0.136. The van der Waals surface area contributed by atoms with E-state index in [4.69, 9.17) is 0 Å². The number of aryl methyl sites for hydroxylation is 2. The fraction of sp³-hybridized carbons (Fsp3) is 0.105. The van der Waals surface area contributed by atoms with Crippen LogP contribution in [0.1, 0.15) is 20.9 Å². The van der Waals surface area contributed by atoms with Crippen LogP contribution in [0.25, 0.3) is 10.2 Å². The number of amides is 1. The maximum atomic E-state index is 12.6. The van der Waals surface area contributed by atoms with Crippen LogP contribution in [-0.2, 0) is 10.0 Å². The molecule has 0 radical (unpaired) electrons. The second-order valence-electron chi connectivity index (χ2n) is 6.29. The number of nitrogens with zero attached hydrogens (tertiary/aromatic N) is 2. The van der Waals surface area contributed by atoms with Gasteiger partial charge in [0.25, 0.3) is 15.9 Å². The van der Waals surface area contributed by atoms with Crippen LogP contribution in [0.5, 0.6) is 0 Å². The molecule has 0 saturated carbocycles. The van der Waals surface area contributed by atoms with Crippen molar-refractivity contribution in [2.75, 3.05) is 10.0 Å². The lowest BCUT2D eigenvalue weighted by molar-refractivity contribution is 0.103. The summed E-state index contributed by atoms with van der Waals surface area (Å²) in [5.74, 6) is -0.375. The Balaban J connectivity index is 1.54. The van der Waals surface area contributed by atoms with Gasteiger partial charge in [0, 0.05) is 0 Å². The Morgan fingerprint density at radius 3 is 2.38 bits per heavy atom. The molecule has 4 aromatic rings. The van der Waals surface area contributed by atoms with Gasteiger partial charge in [-0.3, -0.25) is 14.8 Å². The highest BCUT2D eigenvalue weighted by atomic mass is 32.2. The lowest BCUT2D eigenvalue weighted by Gasteiger charge is -2.05. The molecule has 4 rings (SSSR count). The Morgan fingerprint density at radius 1 is 0.931 bits per heavy atom. The van der Waals surface area contributed by atoms with Gasteiger partial charge in [-0.2, -0.15) is 0 Å². The Kier molecular flexibility index (Phi) is 5.07. The number of carbonyl (C=O) groups excluding carboxylic acids is 1. The number of sulfonamides is 1. The zero-order valence-electron chi connectivity index (χ0n) is 15.5. The van der Waals surface area contributed by atoms with E-state index in [1.54, 1.807) is 19.1 Å². The number of thiazole rings is 2. The maximum Gasteiger partial charge on any atom is 0.269 e. The molecule has 0 aliphatic rings. The number of hydrogen-bond donors (Lipinski definition) is 2. The fourth-order valence-electron chi connectivity index (χ4n) is 2.62. The van der Waals surface area contributed by atoms with Gasteiger partial charge >= 0.3 is 0 Å². The number of aromatic nitrogens is 2. The highest BCUT2D eigenvalue weighted by Gasteiger charge is 2.21. The molecule has 0 spiro atoms. The molecule has 148 valence electrons. The predicted octanol–water partition coefficient (Wildman–Crippen LogP) is 4.42. The first-order chi connectivity index (χ1) is 13.8. The lowest BCUT2D eigenvalue weighted by Crippen LogP contribution is -2.12. The summed E-state index contributed by atoms with van der Waals surface area (Å²) in [5.41, 5.74) is 2.21. The van der Waals surface area contributed by atoms with E-state index in [9.17, 15) is 13.2 Å². The van der Waals surface area contributed by atoms with Gasteiger partial charge in [-0.15, -0.1) is 0 Å². The number of nitrogens with one attached hydrogen (secondary N) is 2. The Bertz CT molecular complexity index is 1280. The van der Waals surface area contributed by atoms with Gasteiger partial charge in [-0.1, -0.05) is 52.5 Å². The number of para-hydroxylation sites is 1. The van der Waals surface area contributed by atoms with Crippen LogP contribution in [0, 0.1) is 13.8 Å². The van der Waals surface area contributed by atoms with Crippen molar-refractivity contribution in [3.63, 3.8) is 0 Å². The fourth-order valence-corrected chi connectivity index (χ4v) is 5.58. The molecule has 2 heterocycles. The Hall–Kier alpha value is -2.82. The summed E-state index contributed by atoms with van der Waals surface area (Å²) >= 11 is 2.35. The van der Waals surface area contributed by atoms with E-state index in [1.807, 2.05) is 31.2 Å². The maximum absolute atomic E-state index is 12.6. The van der Waals surface area contributed by atoms with Crippen LogP contribution in [0.2, 0.25) is 0 Å². The first kappa shape index (κ1) is 19.5. The standard InChI is InChI=1S/C19H16N4O3S3/c1-11-7-9-13(10-8-11)29(25,26)23-19-20-12(2)16(28-19)17(24)22-18-21-14-5-3-4-6-15(14)27-18/h3-10H,1-2H3,(H,20,23)(H,21,22,24). The van der Waals surface area contributed by atoms with Crippen LogP contribution in [-0.4, -0.2) is 24.3 Å². The lowest BCUT2D eigenvalue weighted by atomic mass is 10.2. The molecular formula is C19H16N4O3S3. The van der Waals surface area contributed by atoms with Crippen molar-refractivity contribution in [3.8, 4) is 0 Å². The molecule has 2 aromatic heterocycles. The number of benzene rings is 2. The SMILES string of the molecule is Cc1ccc(S(=O)(=O)Nc2nc(C)c(C(=O)Nc3nc4ccccc4s3)s2)cc1. The molecule has 7 nitrogen and oxygen atoms in total. The van der Waals surface area contributed by atoms with Crippen molar-refractivity contribution in [1.29, 1.82) is 0 Å². The molecule has 1 amide bonds. The second kappa shape index (κ2) is 7.54. The highest BCUT2D eigenvalue weighted by Crippen LogP contribution is 2.29. The molecule has 2 aromatic carbocycles. The zero-order valence-corrected chi connectivity index (χ0v) is 17.9. The largest absolute Gasteiger partial charge is 0.297 e. The summed E-state index contributed by atoms with van der Waals surface area (Å²) < 4.78 is 28.5. The van der Waals surface area contributed by atoms with Gasteiger partial charge in [-0.25, -0.2) is 18.4 Å². The van der Waals surface area contributed by atoms with Crippen LogP contribution in [0.3, 0.4) is 0 Å². The molecule has 0 aliphatic heterocycles. The minimum atomic E-state index is -3.78. The number of hydrogen-bond acceptors (Lipinski definition) is 7. The predicted molar refractivity (Wildman–Crippen MR) is 116 cm³/mol. The van der Waals surface area contributed by atoms with Gasteiger partial charge in [0.2, 0.25) is 0 Å². The quantitative estimate of drug-likeness (QED) is 0.474. The van der Waals surface area contributed by atoms with Crippen molar-refractivity contribution >= 4 is 59.1 Å². The average Bonchev–Trinajstić information content (AvgIpc) is 3.24. The summed E-state index contributed by atoms with van der Waals surface area (Å²) in [6, 6.07) is 14.1. The molecule has 0 aliphatic carbocycles. The van der Waals surface area contributed by atoms with Crippen molar-refractivity contribution in [2.45, 2.75) is 18.7 Å². The normalized spacial score (nSPS) is 11.5. The topological polar surface area (TPSA) is 101 Å². The molecular weight excluding hydrogens is 428 g/mol. The van der Waals surface area contributed by atoms with Crippen molar-refractivity contribution in [2.24, 2.45) is 0 Å². The highest BCUT2D eigenvalue weighted by molar-refractivity contribution is 7.93. The van der Waals surface area contributed by atoms with Gasteiger partial charge in [0.1, 0.15) is 4.88 Å². The molecule has 29 heavy (non-hydrogen) atoms. The van der Waals surface area contributed by atoms with E-state index >= 15 is 0 Å². The average molecular weight is 445 g/mol. The van der Waals surface area contributed by atoms with E-state index in [2.05, 4.69) is 20.0 Å². The third-order valence-electron chi connectivity index (χ3n) is 4.07. The van der Waals surface area contributed by atoms with E-state index in [0.717, 1.165) is 27.1 Å². The second-order valence-corrected chi connectivity index (χ2v) is 10.0. The number of rotatable bonds is 5. The van der Waals surface area contributed by atoms with Crippen LogP contribution in [0.15, 0.2) is 53.4 Å². The molecule has 2 N–H and O–H groups in total. The summed E-state index contributed by atoms with van der Waals surface area (Å²) in [6.07, 6.45) is 0. The van der Waals surface area contributed by atoms with Crippen LogP contribution < -0.4 is 10.0 Å². The number of fused-ring (bicyclic) bond motifs is 1. The Labute approximate surface area is 175 Å². The monoisotopic (exact) mass is 444 g/mol. The van der Waals surface area contributed by atoms with Crippen molar-refractivity contribution in [1.82, 2.24) is 9.97 Å². The Morgan fingerprint density at radius 2 is 1.66 bits per heavy atom. The van der Waals surface area contributed by atoms with Crippen molar-refractivity contribution < 1.29 is 13.2 Å². The van der Waals surface area contributed by atoms with Crippen LogP contribution >= 0.6 is 22.7 Å². The third-order valence-corrected chi connectivity index (χ3v) is 7.58. The van der Waals surface area contributed by atoms with Gasteiger partial charge in [0.15, 0.2) is 10.3 Å². The van der Waals surface area contributed by atoms with Gasteiger partial charge in [0.05, 0.1) is 20.8 Å². The van der Waals surface area contributed by atoms with E-state index < -0.39 is 10.0 Å². The summed E-state index contributed by atoms with van der Waals surface area (Å²) in [5, 5.41) is 3.38. The number of carbonyl (C=O) groups is 1. The van der Waals surface area contributed by atoms with E-state index in [-0.39, 0.29) is 15.9 Å². The molecule has 0 saturated heterocycles. The first-order valence-corrected chi connectivity index (χ1v) is 11.7. The minimum Gasteiger partial charge on any atom is -0.297 e. The van der Waals surface area contributed by atoms with Crippen LogP contribution in [0.4, 0.5) is 10.3 Å². The summed E-state index contributed by atoms with van der Waals surface area (Å²) in [4.78, 5) is 21.7. The summed E-state index contributed by atoms with van der Waals surface area (Å²) in [7, 11) is -3.78. The summed E-state index contributed by atoms with van der Waals surface area (Å²) in [6.45, 7) is 3.54. The molecule has 0 bridgehead atoms. The van der Waals surface area contributed by atoms with Gasteiger partial charge < -0.3 is 0 Å². The van der Waals surface area contributed by atoms with E-state index in [0.29, 0.717) is 15.7 Å². The molecule has 0 atom stereocenters. The van der Waals surface area contributed by atoms with E-state index in [1.165, 1.54) is 23.5 Å². The van der Waals surface area contributed by atoms with Gasteiger partial charge in [-0.05, 0) is 38.1 Å². The number of anilines is 2. The third kappa shape index (κ3) is 4.14. The smallest absolute Gasteiger partial charge is 0.269 e. The first-order valence-electron chi connectivity index (χ1n) is 8.56. The molecule has 0 fully saturated rings.